The minimum Gasteiger partial charge on any atom is -0.309 e. The maximum absolute atomic E-state index is 12.5. The van der Waals surface area contributed by atoms with Crippen LogP contribution in [0.15, 0.2) is 52.2 Å². The summed E-state index contributed by atoms with van der Waals surface area (Å²) in [5, 5.41) is 0.967. The van der Waals surface area contributed by atoms with Crippen LogP contribution in [0.25, 0.3) is 10.9 Å². The Labute approximate surface area is 166 Å². The summed E-state index contributed by atoms with van der Waals surface area (Å²) in [4.78, 5) is 21.0. The van der Waals surface area contributed by atoms with E-state index >= 15 is 0 Å². The monoisotopic (exact) mass is 425 g/mol. The molecule has 0 unspecified atom stereocenters. The Kier molecular flexibility index (Phi) is 5.86. The molecule has 0 fully saturated rings. The van der Waals surface area contributed by atoms with E-state index in [2.05, 4.69) is 9.97 Å². The highest BCUT2D eigenvalue weighted by molar-refractivity contribution is 7.91. The third kappa shape index (κ3) is 4.68. The fourth-order valence-electron chi connectivity index (χ4n) is 2.65. The zero-order valence-electron chi connectivity index (χ0n) is 14.4. The molecule has 1 aromatic heterocycles. The van der Waals surface area contributed by atoms with Crippen molar-refractivity contribution in [1.29, 1.82) is 0 Å². The Hall–Kier alpha value is -1.93. The first-order chi connectivity index (χ1) is 12.8. The number of nitrogens with one attached hydrogen (secondary N) is 1. The third-order valence-corrected chi connectivity index (χ3v) is 6.46. The van der Waals surface area contributed by atoms with E-state index < -0.39 is 9.84 Å². The van der Waals surface area contributed by atoms with Crippen LogP contribution in [-0.2, 0) is 16.4 Å². The Morgan fingerprint density at radius 1 is 1.15 bits per heavy atom. The van der Waals surface area contributed by atoms with E-state index in [1.165, 1.54) is 18.2 Å². The molecule has 0 atom stereocenters. The van der Waals surface area contributed by atoms with Crippen LogP contribution < -0.4 is 5.56 Å². The molecule has 0 aliphatic carbocycles. The first-order valence-electron chi connectivity index (χ1n) is 8.10. The number of para-hydroxylation sites is 1. The van der Waals surface area contributed by atoms with Gasteiger partial charge >= 0.3 is 0 Å². The van der Waals surface area contributed by atoms with Gasteiger partial charge in [0.2, 0.25) is 0 Å². The van der Waals surface area contributed by atoms with Gasteiger partial charge in [-0.1, -0.05) is 35.3 Å². The van der Waals surface area contributed by atoms with Crippen molar-refractivity contribution in [3.8, 4) is 0 Å². The number of H-pyrrole nitrogens is 1. The highest BCUT2D eigenvalue weighted by atomic mass is 35.5. The minimum absolute atomic E-state index is 0.0160. The Morgan fingerprint density at radius 2 is 1.89 bits per heavy atom. The van der Waals surface area contributed by atoms with E-state index in [9.17, 15) is 13.2 Å². The van der Waals surface area contributed by atoms with E-state index in [0.29, 0.717) is 28.3 Å². The second-order valence-electron chi connectivity index (χ2n) is 6.16. The Bertz CT molecular complexity index is 1150. The average molecular weight is 426 g/mol. The molecule has 2 aromatic carbocycles. The van der Waals surface area contributed by atoms with Gasteiger partial charge in [-0.2, -0.15) is 0 Å². The van der Waals surface area contributed by atoms with Gasteiger partial charge in [0.05, 0.1) is 33.1 Å². The first-order valence-corrected chi connectivity index (χ1v) is 10.5. The topological polar surface area (TPSA) is 83.1 Å². The van der Waals surface area contributed by atoms with Crippen LogP contribution in [0.3, 0.4) is 0 Å². The van der Waals surface area contributed by atoms with Crippen LogP contribution in [0, 0.1) is 0 Å². The number of rotatable bonds is 6. The van der Waals surface area contributed by atoms with Crippen molar-refractivity contribution in [2.24, 2.45) is 0 Å². The van der Waals surface area contributed by atoms with Crippen LogP contribution >= 0.6 is 23.2 Å². The fraction of sp³-hybridized carbons (Fsp3) is 0.222. The Morgan fingerprint density at radius 3 is 2.67 bits per heavy atom. The average Bonchev–Trinajstić information content (AvgIpc) is 2.62. The smallest absolute Gasteiger partial charge is 0.258 e. The predicted molar refractivity (Wildman–Crippen MR) is 107 cm³/mol. The molecule has 0 aliphatic heterocycles. The molecule has 1 N–H and O–H groups in total. The second-order valence-corrected chi connectivity index (χ2v) is 9.08. The Balaban J connectivity index is 1.72. The lowest BCUT2D eigenvalue weighted by Crippen LogP contribution is -2.27. The van der Waals surface area contributed by atoms with Gasteiger partial charge < -0.3 is 4.98 Å². The minimum atomic E-state index is -3.59. The number of hydrogen-bond donors (Lipinski definition) is 1. The largest absolute Gasteiger partial charge is 0.309 e. The highest BCUT2D eigenvalue weighted by Crippen LogP contribution is 2.26. The summed E-state index contributed by atoms with van der Waals surface area (Å²) in [6.45, 7) is 0.542. The molecular formula is C18H17Cl2N3O3S. The van der Waals surface area contributed by atoms with Gasteiger partial charge in [-0.3, -0.25) is 9.69 Å². The molecule has 0 saturated carbocycles. The number of hydrogen-bond acceptors (Lipinski definition) is 5. The molecule has 0 radical (unpaired) electrons. The van der Waals surface area contributed by atoms with Crippen LogP contribution in [0.1, 0.15) is 5.82 Å². The SMILES string of the molecule is CN(CCS(=O)(=O)c1cc(Cl)ccc1Cl)Cc1nc2ccccc2c(=O)[nH]1. The number of halogens is 2. The zero-order chi connectivity index (χ0) is 19.6. The molecule has 0 bridgehead atoms. The number of sulfone groups is 1. The first kappa shape index (κ1) is 19.8. The number of fused-ring (bicyclic) bond motifs is 1. The quantitative estimate of drug-likeness (QED) is 0.655. The molecule has 3 aromatic rings. The lowest BCUT2D eigenvalue weighted by Gasteiger charge is -2.16. The molecule has 0 aliphatic rings. The van der Waals surface area contributed by atoms with Crippen molar-refractivity contribution in [3.63, 3.8) is 0 Å². The lowest BCUT2D eigenvalue weighted by molar-refractivity contribution is 0.337. The van der Waals surface area contributed by atoms with Gasteiger partial charge in [-0.05, 0) is 37.4 Å². The van der Waals surface area contributed by atoms with Gasteiger partial charge in [0.15, 0.2) is 9.84 Å². The third-order valence-electron chi connectivity index (χ3n) is 4.05. The van der Waals surface area contributed by atoms with Crippen molar-refractivity contribution in [3.05, 3.63) is 68.7 Å². The van der Waals surface area contributed by atoms with E-state index in [4.69, 9.17) is 23.2 Å². The van der Waals surface area contributed by atoms with E-state index in [1.807, 2.05) is 6.07 Å². The summed E-state index contributed by atoms with van der Waals surface area (Å²) in [5.41, 5.74) is 0.380. The van der Waals surface area contributed by atoms with E-state index in [0.717, 1.165) is 0 Å². The molecule has 27 heavy (non-hydrogen) atoms. The van der Waals surface area contributed by atoms with Crippen LogP contribution in [0.2, 0.25) is 10.0 Å². The fourth-order valence-corrected chi connectivity index (χ4v) is 4.80. The standard InChI is InChI=1S/C18H17Cl2N3O3S/c1-23(8-9-27(25,26)16-10-12(19)6-7-14(16)20)11-17-21-15-5-3-2-4-13(15)18(24)22-17/h2-7,10H,8-9,11H2,1H3,(H,21,22,24). The maximum Gasteiger partial charge on any atom is 0.258 e. The molecule has 6 nitrogen and oxygen atoms in total. The van der Waals surface area contributed by atoms with Gasteiger partial charge in [-0.25, -0.2) is 13.4 Å². The van der Waals surface area contributed by atoms with Crippen molar-refractivity contribution < 1.29 is 8.42 Å². The molecular weight excluding hydrogens is 409 g/mol. The van der Waals surface area contributed by atoms with Crippen molar-refractivity contribution in [1.82, 2.24) is 14.9 Å². The van der Waals surface area contributed by atoms with Crippen molar-refractivity contribution >= 4 is 43.9 Å². The predicted octanol–water partition coefficient (Wildman–Crippen LogP) is 3.14. The summed E-state index contributed by atoms with van der Waals surface area (Å²) in [6, 6.07) is 11.4. The summed E-state index contributed by atoms with van der Waals surface area (Å²) >= 11 is 11.9. The molecule has 3 rings (SSSR count). The van der Waals surface area contributed by atoms with Gasteiger partial charge in [0.1, 0.15) is 5.82 Å². The lowest BCUT2D eigenvalue weighted by atomic mass is 10.2. The second kappa shape index (κ2) is 7.98. The maximum atomic E-state index is 12.5. The zero-order valence-corrected chi connectivity index (χ0v) is 16.8. The van der Waals surface area contributed by atoms with E-state index in [1.54, 1.807) is 30.1 Å². The number of benzene rings is 2. The molecule has 9 heteroatoms. The van der Waals surface area contributed by atoms with E-state index in [-0.39, 0.29) is 27.8 Å². The summed E-state index contributed by atoms with van der Waals surface area (Å²) in [6.07, 6.45) is 0. The molecule has 1 heterocycles. The summed E-state index contributed by atoms with van der Waals surface area (Å²) < 4.78 is 25.1. The van der Waals surface area contributed by atoms with Crippen LogP contribution in [0.5, 0.6) is 0 Å². The normalized spacial score (nSPS) is 12.0. The van der Waals surface area contributed by atoms with Crippen LogP contribution in [-0.4, -0.2) is 42.6 Å². The molecule has 0 amide bonds. The summed E-state index contributed by atoms with van der Waals surface area (Å²) in [5.74, 6) is 0.334. The number of aromatic nitrogens is 2. The number of nitrogens with zero attached hydrogens (tertiary/aromatic N) is 2. The number of aromatic amines is 1. The summed E-state index contributed by atoms with van der Waals surface area (Å²) in [7, 11) is -1.84. The molecule has 0 spiro atoms. The highest BCUT2D eigenvalue weighted by Gasteiger charge is 2.19. The van der Waals surface area contributed by atoms with Crippen LogP contribution in [0.4, 0.5) is 0 Å². The molecule has 0 saturated heterocycles. The van der Waals surface area contributed by atoms with Crippen molar-refractivity contribution in [2.75, 3.05) is 19.3 Å². The van der Waals surface area contributed by atoms with Crippen molar-refractivity contribution in [2.45, 2.75) is 11.4 Å². The van der Waals surface area contributed by atoms with Gasteiger partial charge in [0.25, 0.3) is 5.56 Å². The van der Waals surface area contributed by atoms with Gasteiger partial charge in [0, 0.05) is 11.6 Å². The van der Waals surface area contributed by atoms with Gasteiger partial charge in [-0.15, -0.1) is 0 Å². The molecule has 142 valence electrons.